The van der Waals surface area contributed by atoms with E-state index in [4.69, 9.17) is 9.40 Å². The van der Waals surface area contributed by atoms with E-state index in [1.807, 2.05) is 48.8 Å². The Kier molecular flexibility index (Phi) is 4.46. The summed E-state index contributed by atoms with van der Waals surface area (Å²) < 4.78 is 6.30. The normalized spacial score (nSPS) is 11.4. The van der Waals surface area contributed by atoms with Crippen LogP contribution in [0.1, 0.15) is 0 Å². The zero-order valence-corrected chi connectivity index (χ0v) is 18.8. The van der Waals surface area contributed by atoms with Crippen molar-refractivity contribution >= 4 is 32.7 Å². The lowest BCUT2D eigenvalue weighted by Gasteiger charge is -2.11. The molecule has 0 aliphatic heterocycles. The molecular formula is C32H20N2O. The van der Waals surface area contributed by atoms with Crippen LogP contribution in [0.3, 0.4) is 0 Å². The number of fused-ring (bicyclic) bond motifs is 4. The van der Waals surface area contributed by atoms with Gasteiger partial charge in [-0.3, -0.25) is 4.98 Å². The minimum atomic E-state index is 0.906. The number of furan rings is 1. The zero-order chi connectivity index (χ0) is 23.2. The summed E-state index contributed by atoms with van der Waals surface area (Å²) >= 11 is 0. The Morgan fingerprint density at radius 1 is 0.571 bits per heavy atom. The molecule has 0 atom stereocenters. The predicted octanol–water partition coefficient (Wildman–Crippen LogP) is 8.53. The molecule has 4 aromatic carbocycles. The van der Waals surface area contributed by atoms with Gasteiger partial charge in [-0.1, -0.05) is 84.9 Å². The van der Waals surface area contributed by atoms with Gasteiger partial charge >= 0.3 is 0 Å². The quantitative estimate of drug-likeness (QED) is 0.272. The van der Waals surface area contributed by atoms with E-state index in [1.54, 1.807) is 0 Å². The Hall–Kier alpha value is -4.76. The molecule has 7 aromatic rings. The van der Waals surface area contributed by atoms with Gasteiger partial charge in [0, 0.05) is 45.2 Å². The molecule has 7 rings (SSSR count). The van der Waals surface area contributed by atoms with E-state index in [0.29, 0.717) is 0 Å². The molecule has 0 amide bonds. The van der Waals surface area contributed by atoms with Gasteiger partial charge in [0.25, 0.3) is 0 Å². The number of pyridine rings is 2. The number of benzene rings is 4. The van der Waals surface area contributed by atoms with Crippen LogP contribution in [-0.4, -0.2) is 9.97 Å². The first-order valence-corrected chi connectivity index (χ1v) is 11.7. The predicted molar refractivity (Wildman–Crippen MR) is 143 cm³/mol. The second-order valence-corrected chi connectivity index (χ2v) is 8.68. The van der Waals surface area contributed by atoms with Crippen LogP contribution in [0.15, 0.2) is 126 Å². The molecule has 3 nitrogen and oxygen atoms in total. The van der Waals surface area contributed by atoms with Gasteiger partial charge in [-0.25, -0.2) is 4.98 Å². The summed E-state index contributed by atoms with van der Waals surface area (Å²) in [5.41, 5.74) is 8.01. The SMILES string of the molecule is c1ccc(-c2nc(-c3cccc(-c4cccc5c4oc4ccccc45)c3)cc3ccncc23)cc1. The van der Waals surface area contributed by atoms with Crippen molar-refractivity contribution in [3.63, 3.8) is 0 Å². The summed E-state index contributed by atoms with van der Waals surface area (Å²) in [5, 5.41) is 4.43. The third kappa shape index (κ3) is 3.29. The van der Waals surface area contributed by atoms with Gasteiger partial charge in [-0.15, -0.1) is 0 Å². The van der Waals surface area contributed by atoms with Crippen LogP contribution in [0.5, 0.6) is 0 Å². The summed E-state index contributed by atoms with van der Waals surface area (Å²) in [6.45, 7) is 0. The van der Waals surface area contributed by atoms with Crippen molar-refractivity contribution in [1.29, 1.82) is 0 Å². The maximum Gasteiger partial charge on any atom is 0.143 e. The fourth-order valence-electron chi connectivity index (χ4n) is 4.87. The maximum atomic E-state index is 6.30. The van der Waals surface area contributed by atoms with Crippen molar-refractivity contribution in [3.05, 3.63) is 122 Å². The lowest BCUT2D eigenvalue weighted by atomic mass is 9.98. The maximum absolute atomic E-state index is 6.30. The highest BCUT2D eigenvalue weighted by Crippen LogP contribution is 2.37. The molecule has 0 aliphatic carbocycles. The Labute approximate surface area is 202 Å². The van der Waals surface area contributed by atoms with Gasteiger partial charge in [0.15, 0.2) is 0 Å². The Morgan fingerprint density at radius 2 is 1.34 bits per heavy atom. The average Bonchev–Trinajstić information content (AvgIpc) is 3.32. The number of hydrogen-bond donors (Lipinski definition) is 0. The zero-order valence-electron chi connectivity index (χ0n) is 18.8. The molecule has 0 saturated heterocycles. The van der Waals surface area contributed by atoms with Gasteiger partial charge in [-0.2, -0.15) is 0 Å². The van der Waals surface area contributed by atoms with Gasteiger partial charge in [-0.05, 0) is 35.2 Å². The molecule has 164 valence electrons. The molecule has 3 heteroatoms. The van der Waals surface area contributed by atoms with Crippen LogP contribution in [-0.2, 0) is 0 Å². The molecule has 0 fully saturated rings. The third-order valence-electron chi connectivity index (χ3n) is 6.56. The van der Waals surface area contributed by atoms with E-state index in [0.717, 1.165) is 66.4 Å². The van der Waals surface area contributed by atoms with Crippen molar-refractivity contribution in [2.24, 2.45) is 0 Å². The highest BCUT2D eigenvalue weighted by Gasteiger charge is 2.14. The monoisotopic (exact) mass is 448 g/mol. The van der Waals surface area contributed by atoms with Crippen LogP contribution < -0.4 is 0 Å². The van der Waals surface area contributed by atoms with E-state index in [9.17, 15) is 0 Å². The van der Waals surface area contributed by atoms with E-state index >= 15 is 0 Å². The molecule has 0 N–H and O–H groups in total. The summed E-state index contributed by atoms with van der Waals surface area (Å²) in [4.78, 5) is 9.46. The molecule has 3 heterocycles. The van der Waals surface area contributed by atoms with Crippen molar-refractivity contribution in [1.82, 2.24) is 9.97 Å². The third-order valence-corrected chi connectivity index (χ3v) is 6.56. The van der Waals surface area contributed by atoms with Crippen molar-refractivity contribution in [2.75, 3.05) is 0 Å². The second kappa shape index (κ2) is 7.93. The first-order valence-electron chi connectivity index (χ1n) is 11.7. The van der Waals surface area contributed by atoms with Gasteiger partial charge in [0.2, 0.25) is 0 Å². The summed E-state index contributed by atoms with van der Waals surface area (Å²) in [7, 11) is 0. The smallest absolute Gasteiger partial charge is 0.143 e. The van der Waals surface area contributed by atoms with Crippen molar-refractivity contribution in [2.45, 2.75) is 0 Å². The molecule has 0 bridgehead atoms. The van der Waals surface area contributed by atoms with Crippen molar-refractivity contribution in [3.8, 4) is 33.6 Å². The van der Waals surface area contributed by atoms with Crippen LogP contribution in [0, 0.1) is 0 Å². The van der Waals surface area contributed by atoms with E-state index in [2.05, 4.69) is 77.8 Å². The number of hydrogen-bond acceptors (Lipinski definition) is 3. The Morgan fingerprint density at radius 3 is 2.29 bits per heavy atom. The van der Waals surface area contributed by atoms with Crippen LogP contribution in [0.2, 0.25) is 0 Å². The molecule has 0 saturated carbocycles. The van der Waals surface area contributed by atoms with E-state index < -0.39 is 0 Å². The Balaban J connectivity index is 1.42. The van der Waals surface area contributed by atoms with E-state index in [-0.39, 0.29) is 0 Å². The van der Waals surface area contributed by atoms with E-state index in [1.165, 1.54) is 0 Å². The topological polar surface area (TPSA) is 38.9 Å². The summed E-state index contributed by atoms with van der Waals surface area (Å²) in [6, 6.07) is 37.6. The first kappa shape index (κ1) is 19.7. The average molecular weight is 449 g/mol. The molecule has 3 aromatic heterocycles. The highest BCUT2D eigenvalue weighted by atomic mass is 16.3. The highest BCUT2D eigenvalue weighted by molar-refractivity contribution is 6.09. The van der Waals surface area contributed by atoms with Gasteiger partial charge in [0.1, 0.15) is 11.2 Å². The van der Waals surface area contributed by atoms with Crippen LogP contribution in [0.25, 0.3) is 66.4 Å². The molecule has 0 aliphatic rings. The van der Waals surface area contributed by atoms with Crippen LogP contribution >= 0.6 is 0 Å². The fourth-order valence-corrected chi connectivity index (χ4v) is 4.87. The number of rotatable bonds is 3. The molecular weight excluding hydrogens is 428 g/mol. The van der Waals surface area contributed by atoms with Crippen molar-refractivity contribution < 1.29 is 4.42 Å². The number of para-hydroxylation sites is 2. The summed E-state index contributed by atoms with van der Waals surface area (Å²) in [5.74, 6) is 0. The first-order chi connectivity index (χ1) is 17.3. The molecule has 35 heavy (non-hydrogen) atoms. The minimum Gasteiger partial charge on any atom is -0.455 e. The summed E-state index contributed by atoms with van der Waals surface area (Å²) in [6.07, 6.45) is 3.73. The minimum absolute atomic E-state index is 0.906. The molecule has 0 unspecified atom stereocenters. The van der Waals surface area contributed by atoms with Gasteiger partial charge < -0.3 is 4.42 Å². The van der Waals surface area contributed by atoms with Crippen LogP contribution in [0.4, 0.5) is 0 Å². The standard InChI is InChI=1S/C32H20N2O/c1-2-8-21(9-3-1)31-28-20-33-17-16-23(28)19-29(34-31)24-11-6-10-22(18-24)25-13-7-14-27-26-12-4-5-15-30(26)35-32(25)27/h1-20H. The largest absolute Gasteiger partial charge is 0.455 e. The van der Waals surface area contributed by atoms with Gasteiger partial charge in [0.05, 0.1) is 11.4 Å². The lowest BCUT2D eigenvalue weighted by molar-refractivity contribution is 0.670. The second-order valence-electron chi connectivity index (χ2n) is 8.68. The molecule has 0 radical (unpaired) electrons. The number of nitrogens with zero attached hydrogens (tertiary/aromatic N) is 2. The fraction of sp³-hybridized carbons (Fsp3) is 0. The number of aromatic nitrogens is 2. The Bertz CT molecular complexity index is 1850. The molecule has 0 spiro atoms. The lowest BCUT2D eigenvalue weighted by Crippen LogP contribution is -1.92.